The van der Waals surface area contributed by atoms with Crippen LogP contribution in [-0.4, -0.2) is 34.7 Å². The molecule has 3 aromatic rings. The lowest BCUT2D eigenvalue weighted by Crippen LogP contribution is -2.44. The quantitative estimate of drug-likeness (QED) is 0.446. The number of benzene rings is 2. The van der Waals surface area contributed by atoms with Crippen molar-refractivity contribution in [1.82, 2.24) is 15.1 Å². The molecule has 0 amide bonds. The van der Waals surface area contributed by atoms with Crippen molar-refractivity contribution >= 4 is 11.5 Å². The van der Waals surface area contributed by atoms with Gasteiger partial charge in [-0.15, -0.1) is 0 Å². The Hall–Kier alpha value is -3.72. The Labute approximate surface area is 191 Å². The van der Waals surface area contributed by atoms with Gasteiger partial charge in [-0.1, -0.05) is 36.4 Å². The first-order chi connectivity index (χ1) is 15.9. The molecule has 0 saturated carbocycles. The fourth-order valence-electron chi connectivity index (χ4n) is 4.68. The van der Waals surface area contributed by atoms with E-state index in [9.17, 15) is 14.9 Å². The van der Waals surface area contributed by atoms with E-state index in [1.54, 1.807) is 28.1 Å². The molecule has 2 aromatic carbocycles. The zero-order valence-corrected chi connectivity index (χ0v) is 18.9. The highest BCUT2D eigenvalue weighted by molar-refractivity contribution is 5.86. The topological polar surface area (TPSA) is 109 Å². The van der Waals surface area contributed by atoms with E-state index in [0.29, 0.717) is 17.2 Å². The van der Waals surface area contributed by atoms with Crippen LogP contribution in [0.5, 0.6) is 11.5 Å². The van der Waals surface area contributed by atoms with E-state index < -0.39 is 17.0 Å². The maximum Gasteiger partial charge on any atom is 0.312 e. The van der Waals surface area contributed by atoms with E-state index in [2.05, 4.69) is 10.4 Å². The van der Waals surface area contributed by atoms with Crippen molar-refractivity contribution in [2.45, 2.75) is 38.4 Å². The molecular weight excluding hydrogens is 424 g/mol. The maximum atomic E-state index is 13.7. The smallest absolute Gasteiger partial charge is 0.312 e. The molecule has 1 aliphatic rings. The molecule has 0 aliphatic carbocycles. The summed E-state index contributed by atoms with van der Waals surface area (Å²) >= 11 is 0. The van der Waals surface area contributed by atoms with Crippen LogP contribution in [-0.2, 0) is 4.79 Å². The molecule has 0 radical (unpaired) electrons. The molecule has 0 spiro atoms. The van der Waals surface area contributed by atoms with Gasteiger partial charge in [0.25, 0.3) is 0 Å². The molecule has 9 nitrogen and oxygen atoms in total. The van der Waals surface area contributed by atoms with Gasteiger partial charge in [-0.2, -0.15) is 5.10 Å². The monoisotopic (exact) mass is 450 g/mol. The summed E-state index contributed by atoms with van der Waals surface area (Å²) in [6.07, 6.45) is 0.183. The number of rotatable bonds is 6. The number of hydrogen-bond acceptors (Lipinski definition) is 7. The van der Waals surface area contributed by atoms with Crippen molar-refractivity contribution in [1.29, 1.82) is 0 Å². The van der Waals surface area contributed by atoms with Gasteiger partial charge in [-0.3, -0.25) is 14.9 Å². The van der Waals surface area contributed by atoms with Crippen molar-refractivity contribution < 1.29 is 19.2 Å². The van der Waals surface area contributed by atoms with Crippen LogP contribution in [0, 0.1) is 24.0 Å². The number of nitro groups is 1. The molecule has 33 heavy (non-hydrogen) atoms. The summed E-state index contributed by atoms with van der Waals surface area (Å²) in [5, 5.41) is 19.6. The van der Waals surface area contributed by atoms with E-state index in [4.69, 9.17) is 9.47 Å². The van der Waals surface area contributed by atoms with Crippen LogP contribution in [0.4, 0.5) is 5.69 Å². The molecule has 2 heterocycles. The van der Waals surface area contributed by atoms with Crippen LogP contribution in [0.2, 0.25) is 0 Å². The molecule has 1 aliphatic heterocycles. The molecule has 4 rings (SSSR count). The molecule has 9 heteroatoms. The number of aromatic nitrogens is 2. The van der Waals surface area contributed by atoms with Gasteiger partial charge in [0.15, 0.2) is 5.78 Å². The number of ether oxygens (including phenoxy) is 2. The van der Waals surface area contributed by atoms with Gasteiger partial charge in [-0.05, 0) is 26.0 Å². The molecule has 1 aromatic heterocycles. The predicted molar refractivity (Wildman–Crippen MR) is 122 cm³/mol. The number of ketones is 1. The normalized spacial score (nSPS) is 20.5. The molecule has 0 bridgehead atoms. The largest absolute Gasteiger partial charge is 0.496 e. The molecule has 3 atom stereocenters. The van der Waals surface area contributed by atoms with Crippen LogP contribution in [0.1, 0.15) is 47.1 Å². The van der Waals surface area contributed by atoms with E-state index in [0.717, 1.165) is 11.1 Å². The number of nitrogens with one attached hydrogen (secondary N) is 1. The summed E-state index contributed by atoms with van der Waals surface area (Å²) in [6.45, 7) is 3.20. The van der Waals surface area contributed by atoms with E-state index in [-0.39, 0.29) is 29.6 Å². The first kappa shape index (κ1) is 22.5. The van der Waals surface area contributed by atoms with Crippen LogP contribution < -0.4 is 14.8 Å². The average molecular weight is 450 g/mol. The number of nitrogens with zero attached hydrogens (tertiary/aromatic N) is 3. The van der Waals surface area contributed by atoms with Gasteiger partial charge >= 0.3 is 5.69 Å². The number of hydrogen-bond donors (Lipinski definition) is 1. The molecule has 0 unspecified atom stereocenters. The number of Topliss-reactive ketones (excluding diaryl/α,β-unsaturated/α-hetero) is 1. The Morgan fingerprint density at radius 2 is 1.61 bits per heavy atom. The number of piperidine rings is 1. The fourth-order valence-corrected chi connectivity index (χ4v) is 4.68. The minimum atomic E-state index is -0.778. The number of aryl methyl sites for hydroxylation is 1. The van der Waals surface area contributed by atoms with Crippen molar-refractivity contribution in [2.24, 2.45) is 0 Å². The van der Waals surface area contributed by atoms with Crippen LogP contribution in [0.15, 0.2) is 48.5 Å². The van der Waals surface area contributed by atoms with Crippen molar-refractivity contribution in [3.8, 4) is 11.5 Å². The third kappa shape index (κ3) is 3.95. The minimum Gasteiger partial charge on any atom is -0.496 e. The molecule has 1 saturated heterocycles. The highest BCUT2D eigenvalue weighted by atomic mass is 16.6. The minimum absolute atomic E-state index is 0.0755. The molecule has 1 N–H and O–H groups in total. The molecular formula is C24H26N4O5. The zero-order chi connectivity index (χ0) is 23.7. The summed E-state index contributed by atoms with van der Waals surface area (Å²) in [5.74, 6) is 1.22. The molecule has 172 valence electrons. The van der Waals surface area contributed by atoms with E-state index in [1.165, 1.54) is 4.68 Å². The van der Waals surface area contributed by atoms with E-state index in [1.807, 2.05) is 48.5 Å². The lowest BCUT2D eigenvalue weighted by atomic mass is 9.84. The van der Waals surface area contributed by atoms with Gasteiger partial charge in [0, 0.05) is 23.6 Å². The van der Waals surface area contributed by atoms with Crippen LogP contribution >= 0.6 is 0 Å². The first-order valence-electron chi connectivity index (χ1n) is 10.6. The van der Waals surface area contributed by atoms with Gasteiger partial charge in [-0.25, -0.2) is 4.68 Å². The summed E-state index contributed by atoms with van der Waals surface area (Å²) < 4.78 is 12.6. The zero-order valence-electron chi connectivity index (χ0n) is 18.9. The Morgan fingerprint density at radius 1 is 1.03 bits per heavy atom. The second-order valence-corrected chi connectivity index (χ2v) is 8.02. The summed E-state index contributed by atoms with van der Waals surface area (Å²) in [7, 11) is 3.17. The van der Waals surface area contributed by atoms with Crippen LogP contribution in [0.3, 0.4) is 0 Å². The Bertz CT molecular complexity index is 1210. The Kier molecular flexibility index (Phi) is 6.15. The van der Waals surface area contributed by atoms with Crippen molar-refractivity contribution in [3.05, 3.63) is 81.2 Å². The third-order valence-electron chi connectivity index (χ3n) is 6.15. The molecule has 1 fully saturated rings. The van der Waals surface area contributed by atoms with Gasteiger partial charge in [0.1, 0.15) is 28.9 Å². The summed E-state index contributed by atoms with van der Waals surface area (Å²) in [4.78, 5) is 24.8. The third-order valence-corrected chi connectivity index (χ3v) is 6.15. The lowest BCUT2D eigenvalue weighted by Gasteiger charge is -2.38. The number of para-hydroxylation sites is 2. The number of carbonyl (C=O) groups is 1. The fraction of sp³-hybridized carbons (Fsp3) is 0.333. The van der Waals surface area contributed by atoms with E-state index >= 15 is 0 Å². The number of methoxy groups -OCH3 is 2. The first-order valence-corrected chi connectivity index (χ1v) is 10.6. The lowest BCUT2D eigenvalue weighted by molar-refractivity contribution is -0.386. The standard InChI is InChI=1S/C24H26N4O5/c1-14-23(28(30)31)15(2)27(26-14)24-19(29)13-18(16-9-5-7-11-20(16)32-3)25-22(24)17-10-6-8-12-21(17)33-4/h5-12,18,22,24-25H,13H2,1-4H3/t18-,22-,24-/m0/s1. The number of carbonyl (C=O) groups excluding carboxylic acids is 1. The van der Waals surface area contributed by atoms with Crippen molar-refractivity contribution in [3.63, 3.8) is 0 Å². The SMILES string of the molecule is COc1ccccc1[C@@H]1CC(=O)[C@H](n2nc(C)c([N+](=O)[O-])c2C)[C@H](c2ccccc2OC)N1. The highest BCUT2D eigenvalue weighted by Gasteiger charge is 2.43. The van der Waals surface area contributed by atoms with Crippen LogP contribution in [0.25, 0.3) is 0 Å². The summed E-state index contributed by atoms with van der Waals surface area (Å²) in [5.41, 5.74) is 2.18. The highest BCUT2D eigenvalue weighted by Crippen LogP contribution is 2.43. The Balaban J connectivity index is 1.86. The van der Waals surface area contributed by atoms with Gasteiger partial charge in [0.2, 0.25) is 0 Å². The van der Waals surface area contributed by atoms with Crippen molar-refractivity contribution in [2.75, 3.05) is 14.2 Å². The predicted octanol–water partition coefficient (Wildman–Crippen LogP) is 4.01. The van der Waals surface area contributed by atoms with Gasteiger partial charge < -0.3 is 14.8 Å². The maximum absolute atomic E-state index is 13.7. The second kappa shape index (κ2) is 9.03. The summed E-state index contributed by atoms with van der Waals surface area (Å²) in [6, 6.07) is 13.4. The Morgan fingerprint density at radius 3 is 2.18 bits per heavy atom. The second-order valence-electron chi connectivity index (χ2n) is 8.02. The van der Waals surface area contributed by atoms with Gasteiger partial charge in [0.05, 0.1) is 25.2 Å². The average Bonchev–Trinajstić information content (AvgIpc) is 3.11.